The lowest BCUT2D eigenvalue weighted by molar-refractivity contribution is 0.477. The highest BCUT2D eigenvalue weighted by atomic mass is 32.2. The van der Waals surface area contributed by atoms with E-state index in [0.29, 0.717) is 12.8 Å². The van der Waals surface area contributed by atoms with Crippen molar-refractivity contribution < 1.29 is 13.5 Å². The monoisotopic (exact) mass is 268 g/mol. The van der Waals surface area contributed by atoms with E-state index in [0.717, 1.165) is 0 Å². The van der Waals surface area contributed by atoms with Gasteiger partial charge in [-0.25, -0.2) is 13.1 Å². The highest BCUT2D eigenvalue weighted by molar-refractivity contribution is 7.89. The molecule has 0 aliphatic rings. The van der Waals surface area contributed by atoms with E-state index in [-0.39, 0.29) is 22.4 Å². The van der Waals surface area contributed by atoms with Crippen LogP contribution in [-0.4, -0.2) is 19.6 Å². The summed E-state index contributed by atoms with van der Waals surface area (Å²) in [6.07, 6.45) is 6.09. The number of phenolic OH excluding ortho intramolecular Hbond substituents is 1. The first-order valence-corrected chi connectivity index (χ1v) is 6.93. The number of hydrogen-bond donors (Lipinski definition) is 3. The first-order chi connectivity index (χ1) is 8.40. The van der Waals surface area contributed by atoms with Gasteiger partial charge in [0.1, 0.15) is 5.75 Å². The van der Waals surface area contributed by atoms with Crippen LogP contribution < -0.4 is 10.5 Å². The Kier molecular flexibility index (Phi) is 4.59. The van der Waals surface area contributed by atoms with Crippen molar-refractivity contribution in [2.24, 2.45) is 0 Å². The minimum absolute atomic E-state index is 0.00766. The molecular weight excluding hydrogens is 252 g/mol. The molecule has 0 radical (unpaired) electrons. The molecule has 1 rings (SSSR count). The van der Waals surface area contributed by atoms with E-state index < -0.39 is 10.0 Å². The van der Waals surface area contributed by atoms with Crippen molar-refractivity contribution in [2.75, 3.05) is 5.73 Å². The Morgan fingerprint density at radius 2 is 2.22 bits per heavy atom. The zero-order valence-corrected chi connectivity index (χ0v) is 10.9. The summed E-state index contributed by atoms with van der Waals surface area (Å²) < 4.78 is 26.5. The fourth-order valence-electron chi connectivity index (χ4n) is 1.40. The Bertz CT molecular complexity index is 561. The number of anilines is 1. The van der Waals surface area contributed by atoms with Crippen LogP contribution >= 0.6 is 0 Å². The van der Waals surface area contributed by atoms with Gasteiger partial charge in [-0.05, 0) is 24.6 Å². The summed E-state index contributed by atoms with van der Waals surface area (Å²) in [5.74, 6) is 2.27. The second kappa shape index (κ2) is 5.76. The van der Waals surface area contributed by atoms with Gasteiger partial charge in [-0.2, -0.15) is 0 Å². The molecule has 18 heavy (non-hydrogen) atoms. The number of benzene rings is 1. The van der Waals surface area contributed by atoms with Crippen molar-refractivity contribution in [1.29, 1.82) is 0 Å². The van der Waals surface area contributed by atoms with Gasteiger partial charge in [-0.1, -0.05) is 6.92 Å². The third kappa shape index (κ3) is 3.39. The number of phenols is 1. The molecule has 0 saturated carbocycles. The summed E-state index contributed by atoms with van der Waals surface area (Å²) in [4.78, 5) is 0.00766. The number of sulfonamides is 1. The van der Waals surface area contributed by atoms with Gasteiger partial charge < -0.3 is 10.8 Å². The van der Waals surface area contributed by atoms with E-state index in [1.54, 1.807) is 0 Å². The van der Waals surface area contributed by atoms with E-state index in [9.17, 15) is 13.5 Å². The molecule has 0 aromatic heterocycles. The number of nitrogen functional groups attached to an aromatic ring is 1. The average molecular weight is 268 g/mol. The largest absolute Gasteiger partial charge is 0.506 e. The molecule has 1 aromatic rings. The molecule has 0 amide bonds. The summed E-state index contributed by atoms with van der Waals surface area (Å²) in [6, 6.07) is 3.43. The highest BCUT2D eigenvalue weighted by Crippen LogP contribution is 2.23. The van der Waals surface area contributed by atoms with Crippen molar-refractivity contribution in [3.63, 3.8) is 0 Å². The van der Waals surface area contributed by atoms with Crippen molar-refractivity contribution in [2.45, 2.75) is 30.7 Å². The Labute approximate surface area is 107 Å². The zero-order chi connectivity index (χ0) is 13.8. The van der Waals surface area contributed by atoms with E-state index in [1.807, 2.05) is 6.92 Å². The molecule has 1 unspecified atom stereocenters. The van der Waals surface area contributed by atoms with Crippen LogP contribution in [0.5, 0.6) is 5.75 Å². The van der Waals surface area contributed by atoms with Gasteiger partial charge in [0.05, 0.1) is 10.6 Å². The molecular formula is C12H16N2O3S. The molecule has 0 saturated heterocycles. The summed E-state index contributed by atoms with van der Waals surface area (Å²) in [7, 11) is -3.67. The molecule has 4 N–H and O–H groups in total. The van der Waals surface area contributed by atoms with Gasteiger partial charge in [0.2, 0.25) is 10.0 Å². The molecule has 0 fully saturated rings. The molecule has 0 bridgehead atoms. The first kappa shape index (κ1) is 14.4. The van der Waals surface area contributed by atoms with Gasteiger partial charge in [-0.15, -0.1) is 12.3 Å². The predicted octanol–water partition coefficient (Wildman–Crippen LogP) is 1.05. The normalized spacial score (nSPS) is 12.9. The van der Waals surface area contributed by atoms with Crippen LogP contribution in [-0.2, 0) is 10.0 Å². The summed E-state index contributed by atoms with van der Waals surface area (Å²) >= 11 is 0. The SMILES string of the molecule is C#CCC(CC)NS(=O)(=O)c1ccc(O)c(N)c1. The zero-order valence-electron chi connectivity index (χ0n) is 10.1. The molecule has 0 spiro atoms. The Morgan fingerprint density at radius 3 is 2.72 bits per heavy atom. The van der Waals surface area contributed by atoms with Gasteiger partial charge in [0, 0.05) is 12.5 Å². The third-order valence-corrected chi connectivity index (χ3v) is 4.01. The van der Waals surface area contributed by atoms with Crippen molar-refractivity contribution in [3.8, 4) is 18.1 Å². The number of nitrogens with two attached hydrogens (primary N) is 1. The molecule has 0 heterocycles. The lowest BCUT2D eigenvalue weighted by atomic mass is 10.2. The Morgan fingerprint density at radius 1 is 1.56 bits per heavy atom. The molecule has 1 aromatic carbocycles. The second-order valence-electron chi connectivity index (χ2n) is 3.86. The number of hydrogen-bond acceptors (Lipinski definition) is 4. The number of rotatable bonds is 5. The van der Waals surface area contributed by atoms with Crippen LogP contribution in [0.4, 0.5) is 5.69 Å². The lowest BCUT2D eigenvalue weighted by Gasteiger charge is -2.14. The summed E-state index contributed by atoms with van der Waals surface area (Å²) in [6.45, 7) is 1.84. The smallest absolute Gasteiger partial charge is 0.240 e. The summed E-state index contributed by atoms with van der Waals surface area (Å²) in [5.41, 5.74) is 5.48. The van der Waals surface area contributed by atoms with E-state index in [1.165, 1.54) is 18.2 Å². The molecule has 5 nitrogen and oxygen atoms in total. The molecule has 0 aliphatic carbocycles. The van der Waals surface area contributed by atoms with E-state index in [4.69, 9.17) is 12.2 Å². The molecule has 98 valence electrons. The topological polar surface area (TPSA) is 92.4 Å². The maximum atomic E-state index is 12.0. The fraction of sp³-hybridized carbons (Fsp3) is 0.333. The van der Waals surface area contributed by atoms with Gasteiger partial charge >= 0.3 is 0 Å². The van der Waals surface area contributed by atoms with Gasteiger partial charge in [-0.3, -0.25) is 0 Å². The van der Waals surface area contributed by atoms with E-state index >= 15 is 0 Å². The molecule has 6 heteroatoms. The van der Waals surface area contributed by atoms with Crippen LogP contribution in [0.3, 0.4) is 0 Å². The Balaban J connectivity index is 2.99. The summed E-state index contributed by atoms with van der Waals surface area (Å²) in [5, 5.41) is 9.25. The maximum Gasteiger partial charge on any atom is 0.240 e. The average Bonchev–Trinajstić information content (AvgIpc) is 2.31. The van der Waals surface area contributed by atoms with Gasteiger partial charge in [0.15, 0.2) is 0 Å². The minimum Gasteiger partial charge on any atom is -0.506 e. The number of nitrogens with one attached hydrogen (secondary N) is 1. The number of aromatic hydroxyl groups is 1. The van der Waals surface area contributed by atoms with Crippen LogP contribution in [0.1, 0.15) is 19.8 Å². The lowest BCUT2D eigenvalue weighted by Crippen LogP contribution is -2.34. The fourth-order valence-corrected chi connectivity index (χ4v) is 2.75. The van der Waals surface area contributed by atoms with Crippen molar-refractivity contribution >= 4 is 15.7 Å². The standard InChI is InChI=1S/C12H16N2O3S/c1-3-5-9(4-2)14-18(16,17)10-6-7-12(15)11(13)8-10/h1,6-9,14-15H,4-5,13H2,2H3. The van der Waals surface area contributed by atoms with E-state index in [2.05, 4.69) is 10.6 Å². The molecule has 1 atom stereocenters. The van der Waals surface area contributed by atoms with Crippen LogP contribution in [0.2, 0.25) is 0 Å². The van der Waals surface area contributed by atoms with Crippen LogP contribution in [0.25, 0.3) is 0 Å². The minimum atomic E-state index is -3.67. The third-order valence-electron chi connectivity index (χ3n) is 2.49. The van der Waals surface area contributed by atoms with Crippen LogP contribution in [0, 0.1) is 12.3 Å². The quantitative estimate of drug-likeness (QED) is 0.423. The predicted molar refractivity (Wildman–Crippen MR) is 70.4 cm³/mol. The first-order valence-electron chi connectivity index (χ1n) is 5.45. The maximum absolute atomic E-state index is 12.0. The highest BCUT2D eigenvalue weighted by Gasteiger charge is 2.19. The van der Waals surface area contributed by atoms with Crippen molar-refractivity contribution in [1.82, 2.24) is 4.72 Å². The molecule has 0 aliphatic heterocycles. The van der Waals surface area contributed by atoms with Crippen LogP contribution in [0.15, 0.2) is 23.1 Å². The van der Waals surface area contributed by atoms with Crippen molar-refractivity contribution in [3.05, 3.63) is 18.2 Å². The Hall–Kier alpha value is -1.71. The van der Waals surface area contributed by atoms with Gasteiger partial charge in [0.25, 0.3) is 0 Å². The second-order valence-corrected chi connectivity index (χ2v) is 5.57. The number of terminal acetylenes is 1.